The van der Waals surface area contributed by atoms with E-state index in [9.17, 15) is 4.79 Å². The molecule has 0 heterocycles. The largest absolute Gasteiger partial charge is 0.398 e. The van der Waals surface area contributed by atoms with Crippen molar-refractivity contribution in [2.24, 2.45) is 5.41 Å². The molecule has 1 rings (SSSR count). The molecule has 0 radical (unpaired) electrons. The van der Waals surface area contributed by atoms with Gasteiger partial charge in [-0.25, -0.2) is 0 Å². The van der Waals surface area contributed by atoms with Crippen LogP contribution in [0.3, 0.4) is 0 Å². The molecular weight excluding hydrogens is 212 g/mol. The fourth-order valence-electron chi connectivity index (χ4n) is 1.49. The molecule has 0 bridgehead atoms. The molecule has 0 fully saturated rings. The van der Waals surface area contributed by atoms with E-state index in [1.807, 2.05) is 26.0 Å². The Kier molecular flexibility index (Phi) is 3.81. The lowest BCUT2D eigenvalue weighted by Crippen LogP contribution is -2.41. The molecule has 1 aromatic carbocycles. The van der Waals surface area contributed by atoms with Gasteiger partial charge in [-0.15, -0.1) is 0 Å². The van der Waals surface area contributed by atoms with Crippen molar-refractivity contribution in [3.63, 3.8) is 0 Å². The molecule has 0 aliphatic carbocycles. The molecule has 1 atom stereocenters. The second kappa shape index (κ2) is 4.78. The van der Waals surface area contributed by atoms with Crippen LogP contribution in [0.2, 0.25) is 0 Å². The normalized spacial score (nSPS) is 13.2. The second-order valence-electron chi connectivity index (χ2n) is 5.60. The number of hydrogen-bond donors (Lipinski definition) is 2. The molecule has 1 unspecified atom stereocenters. The van der Waals surface area contributed by atoms with Crippen molar-refractivity contribution in [2.75, 3.05) is 5.73 Å². The molecule has 94 valence electrons. The fraction of sp³-hybridized carbons (Fsp3) is 0.500. The Bertz CT molecular complexity index is 398. The molecule has 3 N–H and O–H groups in total. The van der Waals surface area contributed by atoms with E-state index in [0.29, 0.717) is 11.3 Å². The number of amides is 1. The molecule has 0 saturated heterocycles. The minimum absolute atomic E-state index is 0.0348. The van der Waals surface area contributed by atoms with E-state index in [4.69, 9.17) is 5.73 Å². The summed E-state index contributed by atoms with van der Waals surface area (Å²) in [5.41, 5.74) is 7.90. The van der Waals surface area contributed by atoms with Gasteiger partial charge in [0.2, 0.25) is 0 Å². The van der Waals surface area contributed by atoms with Crippen LogP contribution in [0, 0.1) is 12.3 Å². The zero-order chi connectivity index (χ0) is 13.2. The first-order valence-electron chi connectivity index (χ1n) is 5.89. The Morgan fingerprint density at radius 3 is 2.41 bits per heavy atom. The number of hydrogen-bond acceptors (Lipinski definition) is 2. The number of rotatable bonds is 2. The van der Waals surface area contributed by atoms with E-state index in [1.54, 1.807) is 6.07 Å². The summed E-state index contributed by atoms with van der Waals surface area (Å²) in [5.74, 6) is -0.0944. The highest BCUT2D eigenvalue weighted by molar-refractivity contribution is 6.00. The van der Waals surface area contributed by atoms with Crippen molar-refractivity contribution in [3.8, 4) is 0 Å². The van der Waals surface area contributed by atoms with Crippen LogP contribution in [0.25, 0.3) is 0 Å². The lowest BCUT2D eigenvalue weighted by Gasteiger charge is -2.28. The van der Waals surface area contributed by atoms with Crippen LogP contribution < -0.4 is 11.1 Å². The highest BCUT2D eigenvalue weighted by Gasteiger charge is 2.23. The molecule has 0 aromatic heterocycles. The zero-order valence-corrected chi connectivity index (χ0v) is 11.3. The van der Waals surface area contributed by atoms with Crippen LogP contribution in [0.5, 0.6) is 0 Å². The molecule has 0 spiro atoms. The lowest BCUT2D eigenvalue weighted by molar-refractivity contribution is 0.0910. The molecule has 3 nitrogen and oxygen atoms in total. The average molecular weight is 234 g/mol. The van der Waals surface area contributed by atoms with Crippen molar-refractivity contribution < 1.29 is 4.79 Å². The minimum Gasteiger partial charge on any atom is -0.398 e. The van der Waals surface area contributed by atoms with Crippen molar-refractivity contribution in [2.45, 2.75) is 40.7 Å². The van der Waals surface area contributed by atoms with Gasteiger partial charge in [0.05, 0.1) is 5.56 Å². The van der Waals surface area contributed by atoms with Crippen molar-refractivity contribution in [3.05, 3.63) is 29.3 Å². The van der Waals surface area contributed by atoms with E-state index >= 15 is 0 Å². The Labute approximate surface area is 103 Å². The summed E-state index contributed by atoms with van der Waals surface area (Å²) < 4.78 is 0. The van der Waals surface area contributed by atoms with Gasteiger partial charge in [0.15, 0.2) is 0 Å². The molecule has 1 amide bonds. The summed E-state index contributed by atoms with van der Waals surface area (Å²) in [6, 6.07) is 5.60. The molecule has 0 aliphatic heterocycles. The molecule has 17 heavy (non-hydrogen) atoms. The van der Waals surface area contributed by atoms with Gasteiger partial charge >= 0.3 is 0 Å². The smallest absolute Gasteiger partial charge is 0.253 e. The van der Waals surface area contributed by atoms with Gasteiger partial charge in [0.1, 0.15) is 0 Å². The second-order valence-corrected chi connectivity index (χ2v) is 5.60. The first-order chi connectivity index (χ1) is 7.73. The summed E-state index contributed by atoms with van der Waals surface area (Å²) in [7, 11) is 0. The minimum atomic E-state index is -0.0944. The predicted molar refractivity (Wildman–Crippen MR) is 72.0 cm³/mol. The number of nitrogens with two attached hydrogens (primary N) is 1. The maximum atomic E-state index is 12.2. The Morgan fingerprint density at radius 1 is 1.35 bits per heavy atom. The fourth-order valence-corrected chi connectivity index (χ4v) is 1.49. The average Bonchev–Trinajstić information content (AvgIpc) is 2.15. The number of carbonyl (C=O) groups is 1. The maximum Gasteiger partial charge on any atom is 0.253 e. The van der Waals surface area contributed by atoms with Crippen LogP contribution in [-0.4, -0.2) is 11.9 Å². The molecule has 0 aliphatic rings. The zero-order valence-electron chi connectivity index (χ0n) is 11.3. The third kappa shape index (κ3) is 3.22. The van der Waals surface area contributed by atoms with E-state index in [1.165, 1.54) is 0 Å². The monoisotopic (exact) mass is 234 g/mol. The predicted octanol–water partition coefficient (Wildman–Crippen LogP) is 2.74. The van der Waals surface area contributed by atoms with E-state index in [0.717, 1.165) is 5.56 Å². The van der Waals surface area contributed by atoms with Crippen molar-refractivity contribution in [1.29, 1.82) is 0 Å². The lowest BCUT2D eigenvalue weighted by atomic mass is 9.88. The third-order valence-corrected chi connectivity index (χ3v) is 3.18. The quantitative estimate of drug-likeness (QED) is 0.773. The summed E-state index contributed by atoms with van der Waals surface area (Å²) in [6.45, 7) is 10.2. The SMILES string of the molecule is Cc1cccc(N)c1C(=O)NC(C)C(C)(C)C. The maximum absolute atomic E-state index is 12.2. The highest BCUT2D eigenvalue weighted by atomic mass is 16.1. The van der Waals surface area contributed by atoms with E-state index in [2.05, 4.69) is 26.1 Å². The van der Waals surface area contributed by atoms with Crippen LogP contribution >= 0.6 is 0 Å². The standard InChI is InChI=1S/C14H22N2O/c1-9-7-6-8-11(15)12(9)13(17)16-10(2)14(3,4)5/h6-8,10H,15H2,1-5H3,(H,16,17). The highest BCUT2D eigenvalue weighted by Crippen LogP contribution is 2.21. The third-order valence-electron chi connectivity index (χ3n) is 3.18. The number of nitrogens with one attached hydrogen (secondary N) is 1. The molecule has 0 saturated carbocycles. The van der Waals surface area contributed by atoms with Gasteiger partial charge in [0, 0.05) is 11.7 Å². The number of anilines is 1. The number of carbonyl (C=O) groups excluding carboxylic acids is 1. The van der Waals surface area contributed by atoms with Crippen molar-refractivity contribution >= 4 is 11.6 Å². The summed E-state index contributed by atoms with van der Waals surface area (Å²) in [6.07, 6.45) is 0. The Morgan fingerprint density at radius 2 is 1.94 bits per heavy atom. The summed E-state index contributed by atoms with van der Waals surface area (Å²) in [4.78, 5) is 12.2. The number of aryl methyl sites for hydroxylation is 1. The van der Waals surface area contributed by atoms with Gasteiger partial charge in [-0.05, 0) is 30.9 Å². The van der Waals surface area contributed by atoms with Crippen LogP contribution in [0.1, 0.15) is 43.6 Å². The Hall–Kier alpha value is -1.51. The van der Waals surface area contributed by atoms with Crippen molar-refractivity contribution in [1.82, 2.24) is 5.32 Å². The van der Waals surface area contributed by atoms with Gasteiger partial charge in [-0.1, -0.05) is 32.9 Å². The van der Waals surface area contributed by atoms with E-state index < -0.39 is 0 Å². The molecule has 1 aromatic rings. The molecule has 3 heteroatoms. The summed E-state index contributed by atoms with van der Waals surface area (Å²) >= 11 is 0. The van der Waals surface area contributed by atoms with Crippen LogP contribution in [-0.2, 0) is 0 Å². The van der Waals surface area contributed by atoms with Gasteiger partial charge in [0.25, 0.3) is 5.91 Å². The summed E-state index contributed by atoms with van der Waals surface area (Å²) in [5, 5.41) is 3.00. The van der Waals surface area contributed by atoms with Gasteiger partial charge < -0.3 is 11.1 Å². The topological polar surface area (TPSA) is 55.1 Å². The van der Waals surface area contributed by atoms with Crippen LogP contribution in [0.15, 0.2) is 18.2 Å². The number of nitrogen functional groups attached to an aromatic ring is 1. The van der Waals surface area contributed by atoms with Gasteiger partial charge in [-0.2, -0.15) is 0 Å². The first-order valence-corrected chi connectivity index (χ1v) is 5.89. The van der Waals surface area contributed by atoms with E-state index in [-0.39, 0.29) is 17.4 Å². The molecular formula is C14H22N2O. The van der Waals surface area contributed by atoms with Gasteiger partial charge in [-0.3, -0.25) is 4.79 Å². The number of benzene rings is 1. The Balaban J connectivity index is 2.92. The first kappa shape index (κ1) is 13.6. The van der Waals surface area contributed by atoms with Crippen LogP contribution in [0.4, 0.5) is 5.69 Å².